The maximum Gasteiger partial charge on any atom is 0.271 e. The van der Waals surface area contributed by atoms with Crippen molar-refractivity contribution in [1.82, 2.24) is 14.4 Å². The van der Waals surface area contributed by atoms with Crippen LogP contribution in [0.1, 0.15) is 5.56 Å². The van der Waals surface area contributed by atoms with Gasteiger partial charge in [0.05, 0.1) is 0 Å². The Morgan fingerprint density at radius 2 is 1.62 bits per heavy atom. The van der Waals surface area contributed by atoms with Crippen molar-refractivity contribution in [2.45, 2.75) is 0 Å². The van der Waals surface area contributed by atoms with E-state index in [9.17, 15) is 9.59 Å². The normalized spacial score (nSPS) is 16.2. The van der Waals surface area contributed by atoms with Gasteiger partial charge in [0.1, 0.15) is 5.70 Å². The van der Waals surface area contributed by atoms with E-state index in [1.54, 1.807) is 24.4 Å². The van der Waals surface area contributed by atoms with Crippen LogP contribution >= 0.6 is 0 Å². The first-order valence-corrected chi connectivity index (χ1v) is 8.08. The summed E-state index contributed by atoms with van der Waals surface area (Å²) in [5.74, 6) is -0.111. The van der Waals surface area contributed by atoms with Gasteiger partial charge in [-0.25, -0.2) is 0 Å². The van der Waals surface area contributed by atoms with E-state index in [4.69, 9.17) is 0 Å². The summed E-state index contributed by atoms with van der Waals surface area (Å²) in [6.07, 6.45) is 3.42. The second kappa shape index (κ2) is 7.27. The molecule has 5 heteroatoms. The van der Waals surface area contributed by atoms with Crippen LogP contribution in [0, 0.1) is 0 Å². The first-order chi connectivity index (χ1) is 11.6. The van der Waals surface area contributed by atoms with E-state index < -0.39 is 0 Å². The van der Waals surface area contributed by atoms with Crippen LogP contribution in [0.5, 0.6) is 0 Å². The number of nitrogens with zero attached hydrogens (tertiary/aromatic N) is 3. The molecule has 1 aliphatic heterocycles. The molecule has 1 aromatic heterocycles. The number of amides is 1. The Labute approximate surface area is 141 Å². The molecule has 0 radical (unpaired) electrons. The van der Waals surface area contributed by atoms with Gasteiger partial charge in [-0.2, -0.15) is 0 Å². The minimum Gasteiger partial charge on any atom is -0.335 e. The number of hydrogen-bond acceptors (Lipinski definition) is 3. The Morgan fingerprint density at radius 1 is 0.958 bits per heavy atom. The van der Waals surface area contributed by atoms with Gasteiger partial charge in [-0.15, -0.1) is 0 Å². The quantitative estimate of drug-likeness (QED) is 0.807. The predicted molar refractivity (Wildman–Crippen MR) is 95.4 cm³/mol. The molecule has 1 aromatic carbocycles. The van der Waals surface area contributed by atoms with Gasteiger partial charge in [0.15, 0.2) is 0 Å². The van der Waals surface area contributed by atoms with Crippen molar-refractivity contribution < 1.29 is 4.79 Å². The van der Waals surface area contributed by atoms with E-state index in [-0.39, 0.29) is 11.5 Å². The highest BCUT2D eigenvalue weighted by molar-refractivity contribution is 6.18. The molecule has 1 saturated heterocycles. The Morgan fingerprint density at radius 3 is 2.29 bits per heavy atom. The van der Waals surface area contributed by atoms with E-state index in [1.807, 2.05) is 42.3 Å². The van der Waals surface area contributed by atoms with Crippen LogP contribution in [0.4, 0.5) is 0 Å². The van der Waals surface area contributed by atoms with Gasteiger partial charge >= 0.3 is 0 Å². The van der Waals surface area contributed by atoms with Crippen LogP contribution in [0.25, 0.3) is 11.8 Å². The van der Waals surface area contributed by atoms with Crippen molar-refractivity contribution in [2.75, 3.05) is 33.2 Å². The van der Waals surface area contributed by atoms with Gasteiger partial charge in [-0.1, -0.05) is 36.4 Å². The van der Waals surface area contributed by atoms with Crippen LogP contribution < -0.4 is 5.56 Å². The molecule has 1 aliphatic rings. The summed E-state index contributed by atoms with van der Waals surface area (Å²) in [6.45, 7) is 3.02. The van der Waals surface area contributed by atoms with Gasteiger partial charge in [0.2, 0.25) is 0 Å². The van der Waals surface area contributed by atoms with Crippen molar-refractivity contribution >= 4 is 17.7 Å². The number of carbonyl (C=O) groups is 1. The molecule has 0 spiro atoms. The second-order valence-corrected chi connectivity index (χ2v) is 5.94. The third-order valence-corrected chi connectivity index (χ3v) is 4.19. The molecule has 0 aliphatic carbocycles. The predicted octanol–water partition coefficient (Wildman–Crippen LogP) is 1.62. The van der Waals surface area contributed by atoms with Crippen LogP contribution in [0.2, 0.25) is 0 Å². The lowest BCUT2D eigenvalue weighted by atomic mass is 10.1. The number of rotatable bonds is 3. The number of aromatic nitrogens is 1. The Bertz CT molecular complexity index is 788. The number of piperazine rings is 1. The SMILES string of the molecule is CN1CCN(C(=O)/C(=C\c2ccccc2)n2ccccc2=O)CC1. The van der Waals surface area contributed by atoms with Crippen LogP contribution in [-0.2, 0) is 4.79 Å². The Hall–Kier alpha value is -2.66. The molecule has 0 atom stereocenters. The first-order valence-electron chi connectivity index (χ1n) is 8.08. The fourth-order valence-electron chi connectivity index (χ4n) is 2.74. The molecule has 0 saturated carbocycles. The van der Waals surface area contributed by atoms with Gasteiger partial charge in [-0.3, -0.25) is 14.2 Å². The minimum absolute atomic E-state index is 0.111. The van der Waals surface area contributed by atoms with Crippen molar-refractivity contribution in [3.63, 3.8) is 0 Å². The van der Waals surface area contributed by atoms with Crippen molar-refractivity contribution in [3.8, 4) is 0 Å². The van der Waals surface area contributed by atoms with E-state index in [2.05, 4.69) is 4.90 Å². The van der Waals surface area contributed by atoms with E-state index >= 15 is 0 Å². The molecule has 0 bridgehead atoms. The lowest BCUT2D eigenvalue weighted by Crippen LogP contribution is -2.48. The number of pyridine rings is 1. The molecule has 1 amide bonds. The summed E-state index contributed by atoms with van der Waals surface area (Å²) in [5, 5.41) is 0. The number of likely N-dealkylation sites (N-methyl/N-ethyl adjacent to an activating group) is 1. The summed E-state index contributed by atoms with van der Waals surface area (Å²) in [5.41, 5.74) is 1.07. The Kier molecular flexibility index (Phi) is 4.91. The number of hydrogen-bond donors (Lipinski definition) is 0. The lowest BCUT2D eigenvalue weighted by molar-refractivity contribution is -0.126. The highest BCUT2D eigenvalue weighted by Crippen LogP contribution is 2.14. The van der Waals surface area contributed by atoms with Crippen molar-refractivity contribution in [1.29, 1.82) is 0 Å². The summed E-state index contributed by atoms with van der Waals surface area (Å²) in [6, 6.07) is 14.5. The minimum atomic E-state index is -0.206. The van der Waals surface area contributed by atoms with E-state index in [0.29, 0.717) is 18.8 Å². The molecule has 0 unspecified atom stereocenters. The summed E-state index contributed by atoms with van der Waals surface area (Å²) >= 11 is 0. The highest BCUT2D eigenvalue weighted by Gasteiger charge is 2.23. The van der Waals surface area contributed by atoms with E-state index in [0.717, 1.165) is 18.7 Å². The van der Waals surface area contributed by atoms with Crippen LogP contribution in [0.3, 0.4) is 0 Å². The highest BCUT2D eigenvalue weighted by atomic mass is 16.2. The van der Waals surface area contributed by atoms with Gasteiger partial charge in [-0.05, 0) is 24.8 Å². The fourth-order valence-corrected chi connectivity index (χ4v) is 2.74. The topological polar surface area (TPSA) is 45.5 Å². The largest absolute Gasteiger partial charge is 0.335 e. The van der Waals surface area contributed by atoms with Gasteiger partial charge in [0.25, 0.3) is 11.5 Å². The molecular weight excluding hydrogens is 302 g/mol. The molecule has 5 nitrogen and oxygen atoms in total. The average molecular weight is 323 g/mol. The Balaban J connectivity index is 1.99. The van der Waals surface area contributed by atoms with Gasteiger partial charge < -0.3 is 9.80 Å². The number of carbonyl (C=O) groups excluding carboxylic acids is 1. The maximum absolute atomic E-state index is 13.0. The zero-order valence-electron chi connectivity index (χ0n) is 13.8. The molecule has 124 valence electrons. The second-order valence-electron chi connectivity index (χ2n) is 5.94. The van der Waals surface area contributed by atoms with Crippen molar-refractivity contribution in [3.05, 3.63) is 70.6 Å². The maximum atomic E-state index is 13.0. The third-order valence-electron chi connectivity index (χ3n) is 4.19. The molecule has 0 N–H and O–H groups in total. The summed E-state index contributed by atoms with van der Waals surface area (Å²) in [7, 11) is 2.05. The average Bonchev–Trinajstić information content (AvgIpc) is 2.61. The summed E-state index contributed by atoms with van der Waals surface area (Å²) < 4.78 is 1.42. The number of benzene rings is 1. The fraction of sp³-hybridized carbons (Fsp3) is 0.263. The first kappa shape index (κ1) is 16.2. The molecule has 3 rings (SSSR count). The van der Waals surface area contributed by atoms with Crippen LogP contribution in [-0.4, -0.2) is 53.5 Å². The molecule has 24 heavy (non-hydrogen) atoms. The third kappa shape index (κ3) is 3.63. The monoisotopic (exact) mass is 323 g/mol. The molecule has 2 aromatic rings. The zero-order chi connectivity index (χ0) is 16.9. The van der Waals surface area contributed by atoms with Gasteiger partial charge in [0, 0.05) is 38.4 Å². The lowest BCUT2D eigenvalue weighted by Gasteiger charge is -2.33. The zero-order valence-corrected chi connectivity index (χ0v) is 13.8. The molecule has 2 heterocycles. The summed E-state index contributed by atoms with van der Waals surface area (Å²) in [4.78, 5) is 29.3. The van der Waals surface area contributed by atoms with Crippen molar-refractivity contribution in [2.24, 2.45) is 0 Å². The standard InChI is InChI=1S/C19H21N3O2/c1-20-11-13-21(14-12-20)19(24)17(15-16-7-3-2-4-8-16)22-10-6-5-9-18(22)23/h2-10,15H,11-14H2,1H3/b17-15+. The van der Waals surface area contributed by atoms with E-state index in [1.165, 1.54) is 10.6 Å². The smallest absolute Gasteiger partial charge is 0.271 e. The molecule has 1 fully saturated rings. The van der Waals surface area contributed by atoms with Crippen LogP contribution in [0.15, 0.2) is 59.5 Å². The molecular formula is C19H21N3O2.